The molecule has 17 heavy (non-hydrogen) atoms. The maximum Gasteiger partial charge on any atom is 0.411 e. The van der Waals surface area contributed by atoms with Gasteiger partial charge in [-0.05, 0) is 20.8 Å². The number of carbonyl (C=O) groups is 2. The summed E-state index contributed by atoms with van der Waals surface area (Å²) in [7, 11) is 1.29. The highest BCUT2D eigenvalue weighted by Crippen LogP contribution is 2.30. The number of methoxy groups -OCH3 is 1. The van der Waals surface area contributed by atoms with Crippen molar-refractivity contribution in [3.05, 3.63) is 0 Å². The Morgan fingerprint density at radius 2 is 2.00 bits per heavy atom. The quantitative estimate of drug-likeness (QED) is 0.728. The lowest BCUT2D eigenvalue weighted by Gasteiger charge is -2.49. The summed E-state index contributed by atoms with van der Waals surface area (Å²) in [6, 6.07) is 0. The van der Waals surface area contributed by atoms with E-state index in [2.05, 4.69) is 4.74 Å². The molecule has 6 heteroatoms. The van der Waals surface area contributed by atoms with Gasteiger partial charge in [-0.15, -0.1) is 0 Å². The molecule has 0 aromatic carbocycles. The Morgan fingerprint density at radius 1 is 1.41 bits per heavy atom. The minimum Gasteiger partial charge on any atom is -0.469 e. The predicted molar refractivity (Wildman–Crippen MR) is 61.1 cm³/mol. The highest BCUT2D eigenvalue weighted by atomic mass is 16.6. The van der Waals surface area contributed by atoms with Crippen LogP contribution in [-0.4, -0.2) is 41.9 Å². The third-order valence-corrected chi connectivity index (χ3v) is 2.60. The molecule has 1 atom stereocenters. The van der Waals surface area contributed by atoms with E-state index in [1.54, 1.807) is 20.8 Å². The van der Waals surface area contributed by atoms with Gasteiger partial charge in [-0.3, -0.25) is 9.69 Å². The number of hydrogen-bond donors (Lipinski definition) is 1. The molecule has 0 aromatic rings. The van der Waals surface area contributed by atoms with E-state index in [1.165, 1.54) is 12.0 Å². The summed E-state index contributed by atoms with van der Waals surface area (Å²) >= 11 is 0. The van der Waals surface area contributed by atoms with Gasteiger partial charge in [0.1, 0.15) is 11.3 Å². The number of hydrogen-bond acceptors (Lipinski definition) is 5. The number of esters is 1. The summed E-state index contributed by atoms with van der Waals surface area (Å²) in [5.41, 5.74) is 4.43. The third kappa shape index (κ3) is 3.33. The number of carbonyl (C=O) groups excluding carboxylic acids is 2. The van der Waals surface area contributed by atoms with Crippen LogP contribution in [0.4, 0.5) is 4.79 Å². The fourth-order valence-corrected chi connectivity index (χ4v) is 1.61. The van der Waals surface area contributed by atoms with Crippen molar-refractivity contribution >= 4 is 12.1 Å². The van der Waals surface area contributed by atoms with Gasteiger partial charge >= 0.3 is 12.1 Å². The molecule has 1 amide bonds. The molecule has 6 nitrogen and oxygen atoms in total. The molecule has 0 aromatic heterocycles. The molecule has 2 N–H and O–H groups in total. The van der Waals surface area contributed by atoms with Crippen LogP contribution < -0.4 is 5.73 Å². The third-order valence-electron chi connectivity index (χ3n) is 2.60. The largest absolute Gasteiger partial charge is 0.469 e. The Labute approximate surface area is 101 Å². The molecule has 0 unspecified atom stereocenters. The fraction of sp³-hybridized carbons (Fsp3) is 0.818. The summed E-state index contributed by atoms with van der Waals surface area (Å²) in [5.74, 6) is -0.430. The van der Waals surface area contributed by atoms with Crippen LogP contribution >= 0.6 is 0 Å². The van der Waals surface area contributed by atoms with E-state index in [0.717, 1.165) is 0 Å². The maximum atomic E-state index is 11.8. The maximum absolute atomic E-state index is 11.8. The zero-order valence-electron chi connectivity index (χ0n) is 10.8. The van der Waals surface area contributed by atoms with Gasteiger partial charge in [-0.1, -0.05) is 0 Å². The molecule has 0 bridgehead atoms. The number of ether oxygens (including phenoxy) is 2. The lowest BCUT2D eigenvalue weighted by atomic mass is 9.92. The zero-order chi connectivity index (χ0) is 13.3. The second-order valence-corrected chi connectivity index (χ2v) is 5.24. The molecule has 0 saturated carbocycles. The van der Waals surface area contributed by atoms with E-state index < -0.39 is 23.3 Å². The fourth-order valence-electron chi connectivity index (χ4n) is 1.61. The summed E-state index contributed by atoms with van der Waals surface area (Å²) in [4.78, 5) is 24.4. The predicted octanol–water partition coefficient (Wildman–Crippen LogP) is 0.845. The van der Waals surface area contributed by atoms with Crippen LogP contribution in [0.25, 0.3) is 0 Å². The summed E-state index contributed by atoms with van der Waals surface area (Å²) in [6.45, 7) is 5.85. The van der Waals surface area contributed by atoms with Gasteiger partial charge in [0, 0.05) is 13.0 Å². The van der Waals surface area contributed by atoms with E-state index >= 15 is 0 Å². The average molecular weight is 244 g/mol. The van der Waals surface area contributed by atoms with E-state index in [9.17, 15) is 9.59 Å². The molecule has 1 aliphatic heterocycles. The van der Waals surface area contributed by atoms with Gasteiger partial charge in [0.2, 0.25) is 0 Å². The molecule has 0 aliphatic carbocycles. The van der Waals surface area contributed by atoms with Gasteiger partial charge in [-0.25, -0.2) is 4.79 Å². The monoisotopic (exact) mass is 244 g/mol. The highest BCUT2D eigenvalue weighted by Gasteiger charge is 2.47. The number of likely N-dealkylation sites (tertiary alicyclic amines) is 1. The summed E-state index contributed by atoms with van der Waals surface area (Å²) < 4.78 is 9.76. The summed E-state index contributed by atoms with van der Waals surface area (Å²) in [6.07, 6.45) is 0.0690. The smallest absolute Gasteiger partial charge is 0.411 e. The highest BCUT2D eigenvalue weighted by molar-refractivity contribution is 5.75. The first-order chi connectivity index (χ1) is 7.68. The van der Waals surface area contributed by atoms with Gasteiger partial charge < -0.3 is 15.2 Å². The number of nitrogens with two attached hydrogens (primary N) is 1. The lowest BCUT2D eigenvalue weighted by molar-refractivity contribution is -0.146. The molecule has 1 heterocycles. The first-order valence-electron chi connectivity index (χ1n) is 5.54. The Morgan fingerprint density at radius 3 is 2.35 bits per heavy atom. The molecule has 98 valence electrons. The second kappa shape index (κ2) is 4.52. The van der Waals surface area contributed by atoms with Crippen molar-refractivity contribution in [1.82, 2.24) is 4.90 Å². The Balaban J connectivity index is 2.61. The number of rotatable bonds is 2. The average Bonchev–Trinajstić information content (AvgIpc) is 2.12. The second-order valence-electron chi connectivity index (χ2n) is 5.24. The molecule has 0 spiro atoms. The van der Waals surface area contributed by atoms with Crippen LogP contribution in [0, 0.1) is 0 Å². The van der Waals surface area contributed by atoms with Gasteiger partial charge in [0.05, 0.1) is 13.5 Å². The van der Waals surface area contributed by atoms with Crippen LogP contribution in [0.1, 0.15) is 33.6 Å². The Hall–Kier alpha value is -1.30. The first kappa shape index (κ1) is 13.8. The SMILES string of the molecule is COC(=O)C[C@]1(N)CCN1C(=O)OC(C)(C)C. The lowest BCUT2D eigenvalue weighted by Crippen LogP contribution is -2.69. The summed E-state index contributed by atoms with van der Waals surface area (Å²) in [5, 5.41) is 0. The molecule has 1 aliphatic rings. The minimum atomic E-state index is -0.963. The zero-order valence-corrected chi connectivity index (χ0v) is 10.8. The first-order valence-corrected chi connectivity index (χ1v) is 5.54. The van der Waals surface area contributed by atoms with Crippen LogP contribution in [-0.2, 0) is 14.3 Å². The Kier molecular flexibility index (Phi) is 3.66. The van der Waals surface area contributed by atoms with Crippen LogP contribution in [0.3, 0.4) is 0 Å². The Bertz CT molecular complexity index is 324. The van der Waals surface area contributed by atoms with E-state index in [-0.39, 0.29) is 6.42 Å². The molecule has 1 saturated heterocycles. The normalized spacial score (nSPS) is 23.9. The van der Waals surface area contributed by atoms with Crippen LogP contribution in [0.2, 0.25) is 0 Å². The van der Waals surface area contributed by atoms with Crippen LogP contribution in [0.15, 0.2) is 0 Å². The molecular formula is C11H20N2O4. The van der Waals surface area contributed by atoms with Crippen molar-refractivity contribution in [3.63, 3.8) is 0 Å². The van der Waals surface area contributed by atoms with E-state index in [1.807, 2.05) is 0 Å². The standard InChI is InChI=1S/C11H20N2O4/c1-10(2,3)17-9(15)13-6-5-11(13,12)7-8(14)16-4/h5-7,12H2,1-4H3/t11-/m0/s1. The number of nitrogens with zero attached hydrogens (tertiary/aromatic N) is 1. The molecule has 0 radical (unpaired) electrons. The number of amides is 1. The van der Waals surface area contributed by atoms with E-state index in [4.69, 9.17) is 10.5 Å². The van der Waals surface area contributed by atoms with Crippen molar-refractivity contribution in [2.24, 2.45) is 5.73 Å². The van der Waals surface area contributed by atoms with E-state index in [0.29, 0.717) is 13.0 Å². The molecule has 1 fully saturated rings. The van der Waals surface area contributed by atoms with Crippen LogP contribution in [0.5, 0.6) is 0 Å². The van der Waals surface area contributed by atoms with Crippen molar-refractivity contribution in [3.8, 4) is 0 Å². The van der Waals surface area contributed by atoms with Gasteiger partial charge in [0.25, 0.3) is 0 Å². The minimum absolute atomic E-state index is 0.0112. The molecular weight excluding hydrogens is 224 g/mol. The van der Waals surface area contributed by atoms with Gasteiger partial charge in [-0.2, -0.15) is 0 Å². The molecule has 1 rings (SSSR count). The van der Waals surface area contributed by atoms with Gasteiger partial charge in [0.15, 0.2) is 0 Å². The van der Waals surface area contributed by atoms with Crippen molar-refractivity contribution < 1.29 is 19.1 Å². The van der Waals surface area contributed by atoms with Crippen molar-refractivity contribution in [1.29, 1.82) is 0 Å². The van der Waals surface area contributed by atoms with Crippen molar-refractivity contribution in [2.45, 2.75) is 44.9 Å². The van der Waals surface area contributed by atoms with Crippen molar-refractivity contribution in [2.75, 3.05) is 13.7 Å². The topological polar surface area (TPSA) is 81.9 Å².